The number of pyridine rings is 1. The van der Waals surface area contributed by atoms with Crippen molar-refractivity contribution in [2.75, 3.05) is 19.8 Å². The van der Waals surface area contributed by atoms with Gasteiger partial charge in [-0.05, 0) is 60.7 Å². The molecule has 244 valence electrons. The van der Waals surface area contributed by atoms with Crippen LogP contribution in [0.25, 0.3) is 33.4 Å². The first kappa shape index (κ1) is 31.3. The lowest BCUT2D eigenvalue weighted by Gasteiger charge is -2.39. The maximum atomic E-state index is 15.8. The number of ether oxygens (including phenoxy) is 4. The van der Waals surface area contributed by atoms with Crippen molar-refractivity contribution < 1.29 is 32.9 Å². The Morgan fingerprint density at radius 3 is 2.15 bits per heavy atom. The van der Waals surface area contributed by atoms with Gasteiger partial charge in [0.1, 0.15) is 29.9 Å². The number of hydrogen-bond donors (Lipinski definition) is 1. The van der Waals surface area contributed by atoms with Gasteiger partial charge in [0.15, 0.2) is 26.1 Å². The first-order valence-corrected chi connectivity index (χ1v) is 19.2. The fourth-order valence-electron chi connectivity index (χ4n) is 6.43. The fourth-order valence-corrected chi connectivity index (χ4v) is 7.74. The Bertz CT molecular complexity index is 1690. The normalized spacial score (nSPS) is 25.2. The van der Waals surface area contributed by atoms with Crippen LogP contribution in [0.3, 0.4) is 0 Å². The van der Waals surface area contributed by atoms with Crippen LogP contribution < -0.4 is 4.74 Å². The van der Waals surface area contributed by atoms with Gasteiger partial charge in [-0.3, -0.25) is 4.57 Å². The highest BCUT2D eigenvalue weighted by Gasteiger charge is 2.52. The van der Waals surface area contributed by atoms with E-state index in [1.165, 1.54) is 0 Å². The summed E-state index contributed by atoms with van der Waals surface area (Å²) in [6.45, 7) is 12.7. The molecule has 10 heteroatoms. The Balaban J connectivity index is 1.17. The number of aromatic nitrogens is 2. The second-order valence-corrected chi connectivity index (χ2v) is 18.9. The summed E-state index contributed by atoms with van der Waals surface area (Å²) in [6, 6.07) is 18.0. The van der Waals surface area contributed by atoms with E-state index in [1.807, 2.05) is 47.0 Å². The standard InChI is InChI=1S/C36H43FN2O6Si/c1-36(2,3)46(4,5)45-30-21-43-34-29(20-42-35(30)34)44-32-19-27-28(39(32)31-8-6-7-17-41-31)18-26(37)33(38-27)24-11-9-22(10-12-24)23-13-15-25(40)16-14-23/h9-16,18-19,29-31,34-35,40H,6-8,17,20-21H2,1-5H3/t29-,30?,31?,34-,35-/m1/s1. The van der Waals surface area contributed by atoms with Crippen molar-refractivity contribution in [3.8, 4) is 34.0 Å². The van der Waals surface area contributed by atoms with Crippen LogP contribution in [0.5, 0.6) is 11.6 Å². The molecule has 2 unspecified atom stereocenters. The Labute approximate surface area is 270 Å². The van der Waals surface area contributed by atoms with Gasteiger partial charge in [-0.25, -0.2) is 9.37 Å². The number of benzene rings is 2. The molecule has 2 aromatic heterocycles. The van der Waals surface area contributed by atoms with E-state index >= 15 is 4.39 Å². The first-order valence-electron chi connectivity index (χ1n) is 16.3. The third-order valence-electron chi connectivity index (χ3n) is 10.0. The number of aromatic hydroxyl groups is 1. The lowest BCUT2D eigenvalue weighted by Crippen LogP contribution is -2.47. The third kappa shape index (κ3) is 5.86. The van der Waals surface area contributed by atoms with Crippen LogP contribution in [0.15, 0.2) is 60.7 Å². The fraction of sp³-hybridized carbons (Fsp3) is 0.472. The minimum Gasteiger partial charge on any atom is -0.508 e. The van der Waals surface area contributed by atoms with E-state index in [1.54, 1.807) is 18.2 Å². The maximum absolute atomic E-state index is 15.8. The highest BCUT2D eigenvalue weighted by molar-refractivity contribution is 6.74. The topological polar surface area (TPSA) is 84.2 Å². The van der Waals surface area contributed by atoms with Crippen LogP contribution in [-0.2, 0) is 18.6 Å². The summed E-state index contributed by atoms with van der Waals surface area (Å²) in [5, 5.41) is 9.70. The van der Waals surface area contributed by atoms with Gasteiger partial charge >= 0.3 is 0 Å². The van der Waals surface area contributed by atoms with E-state index in [-0.39, 0.29) is 47.1 Å². The predicted octanol–water partition coefficient (Wildman–Crippen LogP) is 7.85. The van der Waals surface area contributed by atoms with Gasteiger partial charge in [-0.2, -0.15) is 0 Å². The molecule has 0 aliphatic carbocycles. The average Bonchev–Trinajstić information content (AvgIpc) is 3.72. The minimum atomic E-state index is -2.02. The largest absolute Gasteiger partial charge is 0.508 e. The van der Waals surface area contributed by atoms with E-state index in [0.29, 0.717) is 42.3 Å². The van der Waals surface area contributed by atoms with Crippen molar-refractivity contribution in [3.63, 3.8) is 0 Å². The summed E-state index contributed by atoms with van der Waals surface area (Å²) in [5.74, 6) is 0.366. The number of phenolic OH excluding ortho intramolecular Hbond substituents is 1. The maximum Gasteiger partial charge on any atom is 0.198 e. The van der Waals surface area contributed by atoms with Crippen LogP contribution in [0, 0.1) is 5.82 Å². The smallest absolute Gasteiger partial charge is 0.198 e. The molecule has 1 N–H and O–H groups in total. The Morgan fingerprint density at radius 1 is 0.870 bits per heavy atom. The van der Waals surface area contributed by atoms with Crippen LogP contribution in [0.2, 0.25) is 18.1 Å². The van der Waals surface area contributed by atoms with Crippen molar-refractivity contribution >= 4 is 19.4 Å². The van der Waals surface area contributed by atoms with Gasteiger partial charge in [0.05, 0.1) is 30.4 Å². The molecule has 3 saturated heterocycles. The second-order valence-electron chi connectivity index (χ2n) is 14.2. The molecule has 3 aliphatic rings. The zero-order valence-corrected chi connectivity index (χ0v) is 28.2. The molecule has 0 radical (unpaired) electrons. The van der Waals surface area contributed by atoms with E-state index in [2.05, 4.69) is 33.9 Å². The van der Waals surface area contributed by atoms with E-state index < -0.39 is 14.1 Å². The zero-order valence-electron chi connectivity index (χ0n) is 27.2. The molecule has 2 aromatic carbocycles. The number of nitrogens with zero attached hydrogens (tertiary/aromatic N) is 2. The molecule has 0 amide bonds. The summed E-state index contributed by atoms with van der Waals surface area (Å²) < 4.78 is 49.8. The average molecular weight is 647 g/mol. The van der Waals surface area contributed by atoms with Crippen LogP contribution >= 0.6 is 0 Å². The molecule has 3 fully saturated rings. The van der Waals surface area contributed by atoms with Crippen LogP contribution in [0.4, 0.5) is 4.39 Å². The number of phenols is 1. The van der Waals surface area contributed by atoms with Gasteiger partial charge < -0.3 is 28.5 Å². The number of halogens is 1. The summed E-state index contributed by atoms with van der Waals surface area (Å²) in [6.07, 6.45) is 1.58. The molecule has 7 rings (SSSR count). The SMILES string of the molecule is CC(C)(C)[Si](C)(C)OC1CO[C@H]2[C@@H]1OC[C@H]2Oc1cc2nc(-c3ccc(-c4ccc(O)cc4)cc3)c(F)cc2n1C1CCCCO1. The Morgan fingerprint density at radius 2 is 1.50 bits per heavy atom. The van der Waals surface area contributed by atoms with Crippen molar-refractivity contribution in [1.29, 1.82) is 0 Å². The quantitative estimate of drug-likeness (QED) is 0.205. The second kappa shape index (κ2) is 12.1. The molecule has 0 bridgehead atoms. The first-order chi connectivity index (χ1) is 22.0. The molecule has 0 saturated carbocycles. The molecular formula is C36H43FN2O6Si. The van der Waals surface area contributed by atoms with Gasteiger partial charge in [-0.15, -0.1) is 0 Å². The highest BCUT2D eigenvalue weighted by atomic mass is 28.4. The molecule has 5 heterocycles. The van der Waals surface area contributed by atoms with Crippen molar-refractivity contribution in [2.45, 2.75) is 88.8 Å². The monoisotopic (exact) mass is 646 g/mol. The van der Waals surface area contributed by atoms with E-state index in [4.69, 9.17) is 28.4 Å². The number of rotatable bonds is 7. The molecule has 4 aromatic rings. The molecule has 46 heavy (non-hydrogen) atoms. The summed E-state index contributed by atoms with van der Waals surface area (Å²) in [7, 11) is -2.02. The van der Waals surface area contributed by atoms with E-state index in [0.717, 1.165) is 30.4 Å². The molecule has 8 nitrogen and oxygen atoms in total. The molecule has 5 atom stereocenters. The Hall–Kier alpha value is -3.28. The highest BCUT2D eigenvalue weighted by Crippen LogP contribution is 2.42. The van der Waals surface area contributed by atoms with Crippen molar-refractivity contribution in [2.24, 2.45) is 0 Å². The third-order valence-corrected chi connectivity index (χ3v) is 14.5. The summed E-state index contributed by atoms with van der Waals surface area (Å²) in [4.78, 5) is 4.81. The summed E-state index contributed by atoms with van der Waals surface area (Å²) in [5.41, 5.74) is 4.12. The number of fused-ring (bicyclic) bond motifs is 2. The van der Waals surface area contributed by atoms with Crippen molar-refractivity contribution in [3.05, 3.63) is 66.5 Å². The molecular weight excluding hydrogens is 603 g/mol. The van der Waals surface area contributed by atoms with Gasteiger partial charge in [0, 0.05) is 24.3 Å². The number of hydrogen-bond acceptors (Lipinski definition) is 7. The van der Waals surface area contributed by atoms with Crippen LogP contribution in [-0.4, -0.2) is 67.2 Å². The van der Waals surface area contributed by atoms with Crippen LogP contribution in [0.1, 0.15) is 46.3 Å². The van der Waals surface area contributed by atoms with Gasteiger partial charge in [0.2, 0.25) is 0 Å². The van der Waals surface area contributed by atoms with E-state index in [9.17, 15) is 5.11 Å². The predicted molar refractivity (Wildman–Crippen MR) is 177 cm³/mol. The molecule has 0 spiro atoms. The lowest BCUT2D eigenvalue weighted by atomic mass is 10.0. The summed E-state index contributed by atoms with van der Waals surface area (Å²) >= 11 is 0. The van der Waals surface area contributed by atoms with Gasteiger partial charge in [-0.1, -0.05) is 57.2 Å². The minimum absolute atomic E-state index is 0.0798. The molecule has 3 aliphatic heterocycles. The van der Waals surface area contributed by atoms with Crippen molar-refractivity contribution in [1.82, 2.24) is 9.55 Å². The Kier molecular flexibility index (Phi) is 8.21. The lowest BCUT2D eigenvalue weighted by molar-refractivity contribution is -0.0391. The zero-order chi connectivity index (χ0) is 32.2. The van der Waals surface area contributed by atoms with Gasteiger partial charge in [0.25, 0.3) is 0 Å².